The van der Waals surface area contributed by atoms with Crippen LogP contribution in [0.1, 0.15) is 23.4 Å². The summed E-state index contributed by atoms with van der Waals surface area (Å²) in [6, 6.07) is 8.06. The Hall–Kier alpha value is -1.92. The van der Waals surface area contributed by atoms with Crippen LogP contribution in [0.15, 0.2) is 35.8 Å². The SMILES string of the molecule is NCCOc1cccc(CC(=O)N(Cc2nccs2)C2CC2)c1. The molecule has 0 aliphatic heterocycles. The monoisotopic (exact) mass is 331 g/mol. The van der Waals surface area contributed by atoms with Crippen molar-refractivity contribution >= 4 is 17.2 Å². The molecule has 6 heteroatoms. The topological polar surface area (TPSA) is 68.5 Å². The van der Waals surface area contributed by atoms with Crippen LogP contribution in [-0.4, -0.2) is 35.0 Å². The molecule has 2 aromatic rings. The molecule has 1 heterocycles. The quantitative estimate of drug-likeness (QED) is 0.805. The van der Waals surface area contributed by atoms with Crippen LogP contribution in [0.25, 0.3) is 0 Å². The Kier molecular flexibility index (Phi) is 5.25. The van der Waals surface area contributed by atoms with E-state index in [9.17, 15) is 4.79 Å². The smallest absolute Gasteiger partial charge is 0.227 e. The first-order valence-electron chi connectivity index (χ1n) is 7.86. The largest absolute Gasteiger partial charge is 0.492 e. The summed E-state index contributed by atoms with van der Waals surface area (Å²) >= 11 is 1.59. The van der Waals surface area contributed by atoms with Gasteiger partial charge >= 0.3 is 0 Å². The van der Waals surface area contributed by atoms with E-state index in [0.29, 0.717) is 32.2 Å². The lowest BCUT2D eigenvalue weighted by Gasteiger charge is -2.21. The third-order valence-electron chi connectivity index (χ3n) is 3.74. The van der Waals surface area contributed by atoms with Gasteiger partial charge in [0.1, 0.15) is 17.4 Å². The number of carbonyl (C=O) groups excluding carboxylic acids is 1. The van der Waals surface area contributed by atoms with Crippen LogP contribution in [0.2, 0.25) is 0 Å². The van der Waals surface area contributed by atoms with E-state index in [2.05, 4.69) is 4.98 Å². The highest BCUT2D eigenvalue weighted by atomic mass is 32.1. The first-order valence-corrected chi connectivity index (χ1v) is 8.74. The van der Waals surface area contributed by atoms with Crippen molar-refractivity contribution in [3.05, 3.63) is 46.4 Å². The van der Waals surface area contributed by atoms with E-state index in [1.54, 1.807) is 17.5 Å². The van der Waals surface area contributed by atoms with Crippen molar-refractivity contribution < 1.29 is 9.53 Å². The summed E-state index contributed by atoms with van der Waals surface area (Å²) < 4.78 is 5.52. The average Bonchev–Trinajstić information content (AvgIpc) is 3.27. The Morgan fingerprint density at radius 1 is 1.43 bits per heavy atom. The Morgan fingerprint density at radius 2 is 2.30 bits per heavy atom. The lowest BCUT2D eigenvalue weighted by atomic mass is 10.1. The van der Waals surface area contributed by atoms with Crippen LogP contribution in [0.4, 0.5) is 0 Å². The zero-order valence-electron chi connectivity index (χ0n) is 13.0. The molecule has 2 N–H and O–H groups in total. The minimum atomic E-state index is 0.152. The summed E-state index contributed by atoms with van der Waals surface area (Å²) in [5, 5.41) is 2.94. The molecule has 0 radical (unpaired) electrons. The molecule has 0 unspecified atom stereocenters. The predicted octanol–water partition coefficient (Wildman–Crippen LogP) is 2.21. The minimum Gasteiger partial charge on any atom is -0.492 e. The summed E-state index contributed by atoms with van der Waals surface area (Å²) in [6.07, 6.45) is 4.36. The molecule has 1 fully saturated rings. The molecule has 0 spiro atoms. The Balaban J connectivity index is 1.64. The number of rotatable bonds is 8. The number of carbonyl (C=O) groups is 1. The number of nitrogens with two attached hydrogens (primary N) is 1. The van der Waals surface area contributed by atoms with Gasteiger partial charge in [-0.05, 0) is 30.5 Å². The van der Waals surface area contributed by atoms with E-state index in [1.807, 2.05) is 34.5 Å². The maximum Gasteiger partial charge on any atom is 0.227 e. The Morgan fingerprint density at radius 3 is 3.00 bits per heavy atom. The van der Waals surface area contributed by atoms with Crippen molar-refractivity contribution in [2.45, 2.75) is 31.8 Å². The van der Waals surface area contributed by atoms with E-state index in [-0.39, 0.29) is 5.91 Å². The Bertz CT molecular complexity index is 641. The zero-order valence-corrected chi connectivity index (χ0v) is 13.8. The van der Waals surface area contributed by atoms with Crippen LogP contribution >= 0.6 is 11.3 Å². The molecule has 122 valence electrons. The van der Waals surface area contributed by atoms with Gasteiger partial charge in [-0.2, -0.15) is 0 Å². The van der Waals surface area contributed by atoms with Crippen LogP contribution in [0.3, 0.4) is 0 Å². The van der Waals surface area contributed by atoms with Crippen molar-refractivity contribution in [2.75, 3.05) is 13.2 Å². The highest BCUT2D eigenvalue weighted by molar-refractivity contribution is 7.09. The van der Waals surface area contributed by atoms with E-state index >= 15 is 0 Å². The standard InChI is InChI=1S/C17H21N3O2S/c18-6-8-22-15-3-1-2-13(10-15)11-17(21)20(14-4-5-14)12-16-19-7-9-23-16/h1-3,7,9-10,14H,4-6,8,11-12,18H2. The number of nitrogens with zero attached hydrogens (tertiary/aromatic N) is 2. The lowest BCUT2D eigenvalue weighted by molar-refractivity contribution is -0.131. The molecule has 1 saturated carbocycles. The van der Waals surface area contributed by atoms with Crippen molar-refractivity contribution in [3.8, 4) is 5.75 Å². The van der Waals surface area contributed by atoms with Gasteiger partial charge in [0.05, 0.1) is 13.0 Å². The second-order valence-corrected chi connectivity index (χ2v) is 6.62. The molecule has 5 nitrogen and oxygen atoms in total. The fourth-order valence-electron chi connectivity index (χ4n) is 2.48. The van der Waals surface area contributed by atoms with Crippen LogP contribution in [-0.2, 0) is 17.8 Å². The molecule has 1 aliphatic carbocycles. The normalized spacial score (nSPS) is 13.8. The maximum atomic E-state index is 12.7. The zero-order chi connectivity index (χ0) is 16.1. The molecule has 3 rings (SSSR count). The molecule has 1 aliphatic rings. The fourth-order valence-corrected chi connectivity index (χ4v) is 3.10. The molecular weight excluding hydrogens is 310 g/mol. The lowest BCUT2D eigenvalue weighted by Crippen LogP contribution is -2.33. The second kappa shape index (κ2) is 7.57. The third-order valence-corrected chi connectivity index (χ3v) is 4.50. The van der Waals surface area contributed by atoms with Gasteiger partial charge in [-0.3, -0.25) is 4.79 Å². The van der Waals surface area contributed by atoms with Gasteiger partial charge in [0.15, 0.2) is 0 Å². The molecular formula is C17H21N3O2S. The number of amides is 1. The number of thiazole rings is 1. The third kappa shape index (κ3) is 4.53. The van der Waals surface area contributed by atoms with Gasteiger partial charge in [0.25, 0.3) is 0 Å². The van der Waals surface area contributed by atoms with Gasteiger partial charge in [0, 0.05) is 24.2 Å². The van der Waals surface area contributed by atoms with E-state index in [4.69, 9.17) is 10.5 Å². The van der Waals surface area contributed by atoms with Crippen molar-refractivity contribution in [2.24, 2.45) is 5.73 Å². The summed E-state index contributed by atoms with van der Waals surface area (Å²) in [7, 11) is 0. The van der Waals surface area contributed by atoms with Crippen LogP contribution in [0.5, 0.6) is 5.75 Å². The van der Waals surface area contributed by atoms with E-state index in [1.165, 1.54) is 0 Å². The van der Waals surface area contributed by atoms with Crippen molar-refractivity contribution in [1.82, 2.24) is 9.88 Å². The molecule has 1 aromatic heterocycles. The van der Waals surface area contributed by atoms with Gasteiger partial charge in [-0.25, -0.2) is 4.98 Å². The molecule has 0 saturated heterocycles. The number of ether oxygens (including phenoxy) is 1. The fraction of sp³-hybridized carbons (Fsp3) is 0.412. The first-order chi connectivity index (χ1) is 11.3. The van der Waals surface area contributed by atoms with E-state index < -0.39 is 0 Å². The van der Waals surface area contributed by atoms with Crippen molar-refractivity contribution in [1.29, 1.82) is 0 Å². The molecule has 0 atom stereocenters. The number of hydrogen-bond acceptors (Lipinski definition) is 5. The second-order valence-electron chi connectivity index (χ2n) is 5.64. The predicted molar refractivity (Wildman–Crippen MR) is 90.4 cm³/mol. The Labute approximate surface area is 140 Å². The maximum absolute atomic E-state index is 12.7. The summed E-state index contributed by atoms with van der Waals surface area (Å²) in [4.78, 5) is 18.9. The van der Waals surface area contributed by atoms with Gasteiger partial charge < -0.3 is 15.4 Å². The summed E-state index contributed by atoms with van der Waals surface area (Å²) in [6.45, 7) is 1.58. The first kappa shape index (κ1) is 16.0. The van der Waals surface area contributed by atoms with Crippen LogP contribution < -0.4 is 10.5 Å². The minimum absolute atomic E-state index is 0.152. The number of benzene rings is 1. The molecule has 1 aromatic carbocycles. The summed E-state index contributed by atoms with van der Waals surface area (Å²) in [5.74, 6) is 0.914. The summed E-state index contributed by atoms with van der Waals surface area (Å²) in [5.41, 5.74) is 6.42. The molecule has 23 heavy (non-hydrogen) atoms. The molecule has 0 bridgehead atoms. The van der Waals surface area contributed by atoms with Gasteiger partial charge in [0.2, 0.25) is 5.91 Å². The highest BCUT2D eigenvalue weighted by Gasteiger charge is 2.32. The van der Waals surface area contributed by atoms with Gasteiger partial charge in [-0.1, -0.05) is 12.1 Å². The number of hydrogen-bond donors (Lipinski definition) is 1. The highest BCUT2D eigenvalue weighted by Crippen LogP contribution is 2.29. The van der Waals surface area contributed by atoms with Gasteiger partial charge in [-0.15, -0.1) is 11.3 Å². The van der Waals surface area contributed by atoms with Crippen LogP contribution in [0, 0.1) is 0 Å². The van der Waals surface area contributed by atoms with Crippen molar-refractivity contribution in [3.63, 3.8) is 0 Å². The van der Waals surface area contributed by atoms with E-state index in [0.717, 1.165) is 29.2 Å². The average molecular weight is 331 g/mol. The molecule has 1 amide bonds. The number of aromatic nitrogens is 1.